The molecule has 0 saturated carbocycles. The van der Waals surface area contributed by atoms with Crippen molar-refractivity contribution in [2.24, 2.45) is 9.98 Å². The third kappa shape index (κ3) is 4.87. The van der Waals surface area contributed by atoms with E-state index in [0.717, 1.165) is 11.4 Å². The van der Waals surface area contributed by atoms with Gasteiger partial charge in [0.15, 0.2) is 0 Å². The van der Waals surface area contributed by atoms with E-state index in [4.69, 9.17) is 0 Å². The molecule has 17 heavy (non-hydrogen) atoms. The Balaban J connectivity index is 0.00000144. The van der Waals surface area contributed by atoms with Crippen molar-refractivity contribution in [3.05, 3.63) is 35.9 Å². The monoisotopic (exact) mass is 409 g/mol. The summed E-state index contributed by atoms with van der Waals surface area (Å²) in [5, 5.41) is 15.0. The molecule has 0 radical (unpaired) electrons. The summed E-state index contributed by atoms with van der Waals surface area (Å²) in [4.78, 5) is 8.31. The fourth-order valence-electron chi connectivity index (χ4n) is 1.06. The van der Waals surface area contributed by atoms with Crippen LogP contribution in [0.4, 0.5) is 0 Å². The first-order chi connectivity index (χ1) is 7.95. The second-order valence-corrected chi connectivity index (χ2v) is 2.98. The minimum Gasteiger partial charge on any atom is -0.574 e. The Morgan fingerprint density at radius 2 is 1.41 bits per heavy atom. The molecule has 2 rings (SSSR count). The van der Waals surface area contributed by atoms with Crippen LogP contribution in [0.1, 0.15) is 11.4 Å². The fraction of sp³-hybridized carbons (Fsp3) is 0.200. The molecule has 0 fully saturated rings. The molecule has 0 atom stereocenters. The SMILES string of the molecule is C(=NCCN=Cc1ccn[n-]1)c1ccn[n-]1.[Pt+2]. The van der Waals surface area contributed by atoms with Gasteiger partial charge in [0, 0.05) is 24.8 Å². The molecular weight excluding hydrogens is 399 g/mol. The molecule has 0 aromatic carbocycles. The van der Waals surface area contributed by atoms with Crippen LogP contribution in [0.5, 0.6) is 0 Å². The summed E-state index contributed by atoms with van der Waals surface area (Å²) in [7, 11) is 0. The molecule has 0 aliphatic heterocycles. The van der Waals surface area contributed by atoms with E-state index in [9.17, 15) is 0 Å². The van der Waals surface area contributed by atoms with Gasteiger partial charge in [-0.2, -0.15) is 0 Å². The number of hydrogen-bond acceptors (Lipinski definition) is 4. The predicted octanol–water partition coefficient (Wildman–Crippen LogP) is -0.0735. The Morgan fingerprint density at radius 1 is 0.941 bits per heavy atom. The molecule has 90 valence electrons. The van der Waals surface area contributed by atoms with E-state index in [1.807, 2.05) is 0 Å². The fourth-order valence-corrected chi connectivity index (χ4v) is 1.06. The maximum Gasteiger partial charge on any atom is 2.00 e. The molecule has 0 aliphatic rings. The Labute approximate surface area is 113 Å². The minimum absolute atomic E-state index is 0. The Morgan fingerprint density at radius 3 is 1.76 bits per heavy atom. The predicted molar refractivity (Wildman–Crippen MR) is 60.0 cm³/mol. The van der Waals surface area contributed by atoms with Crippen LogP contribution in [0.3, 0.4) is 0 Å². The largest absolute Gasteiger partial charge is 2.00 e. The van der Waals surface area contributed by atoms with Crippen LogP contribution in [0, 0.1) is 0 Å². The van der Waals surface area contributed by atoms with Crippen molar-refractivity contribution in [2.45, 2.75) is 0 Å². The van der Waals surface area contributed by atoms with Crippen molar-refractivity contribution in [1.82, 2.24) is 20.4 Å². The molecule has 6 nitrogen and oxygen atoms in total. The summed E-state index contributed by atoms with van der Waals surface area (Å²) in [5.74, 6) is 0. The maximum absolute atomic E-state index is 4.16. The van der Waals surface area contributed by atoms with Crippen LogP contribution in [-0.4, -0.2) is 35.7 Å². The van der Waals surface area contributed by atoms with Crippen LogP contribution >= 0.6 is 0 Å². The van der Waals surface area contributed by atoms with Crippen molar-refractivity contribution >= 4 is 12.4 Å². The molecule has 2 aromatic heterocycles. The molecule has 0 saturated heterocycles. The zero-order valence-corrected chi connectivity index (χ0v) is 11.2. The molecule has 0 unspecified atom stereocenters. The van der Waals surface area contributed by atoms with Gasteiger partial charge in [-0.15, -0.1) is 11.4 Å². The van der Waals surface area contributed by atoms with Crippen molar-refractivity contribution in [3.63, 3.8) is 0 Å². The number of aliphatic imine (C=N–C) groups is 2. The van der Waals surface area contributed by atoms with E-state index >= 15 is 0 Å². The van der Waals surface area contributed by atoms with Crippen LogP contribution in [0.2, 0.25) is 0 Å². The molecule has 0 amide bonds. The summed E-state index contributed by atoms with van der Waals surface area (Å²) >= 11 is 0. The average molecular weight is 409 g/mol. The van der Waals surface area contributed by atoms with E-state index < -0.39 is 0 Å². The van der Waals surface area contributed by atoms with Gasteiger partial charge < -0.3 is 20.4 Å². The summed E-state index contributed by atoms with van der Waals surface area (Å²) in [6.07, 6.45) is 6.64. The molecule has 2 aromatic rings. The van der Waals surface area contributed by atoms with Gasteiger partial charge in [-0.05, 0) is 0 Å². The van der Waals surface area contributed by atoms with Gasteiger partial charge >= 0.3 is 21.1 Å². The Kier molecular flexibility index (Phi) is 6.10. The maximum atomic E-state index is 4.16. The third-order valence-corrected chi connectivity index (χ3v) is 1.78. The Hall–Kier alpha value is -1.55. The first-order valence-corrected chi connectivity index (χ1v) is 4.83. The van der Waals surface area contributed by atoms with Gasteiger partial charge in [-0.25, -0.2) is 0 Å². The molecule has 0 N–H and O–H groups in total. The first-order valence-electron chi connectivity index (χ1n) is 4.83. The van der Waals surface area contributed by atoms with Crippen molar-refractivity contribution in [2.75, 3.05) is 13.1 Å². The zero-order valence-electron chi connectivity index (χ0n) is 8.88. The Bertz CT molecular complexity index is 401. The minimum atomic E-state index is 0. The summed E-state index contributed by atoms with van der Waals surface area (Å²) in [5.41, 5.74) is 1.54. The topological polar surface area (TPSA) is 78.7 Å². The van der Waals surface area contributed by atoms with Gasteiger partial charge in [-0.1, -0.05) is 12.1 Å². The molecule has 0 bridgehead atoms. The van der Waals surface area contributed by atoms with Gasteiger partial charge in [-0.3, -0.25) is 9.98 Å². The van der Waals surface area contributed by atoms with Crippen molar-refractivity contribution in [3.8, 4) is 0 Å². The summed E-state index contributed by atoms with van der Waals surface area (Å²) in [6.45, 7) is 1.25. The van der Waals surface area contributed by atoms with E-state index in [1.165, 1.54) is 0 Å². The molecular formula is C10H10N6Pt. The van der Waals surface area contributed by atoms with E-state index in [0.29, 0.717) is 13.1 Å². The second-order valence-electron chi connectivity index (χ2n) is 2.98. The van der Waals surface area contributed by atoms with Crippen LogP contribution in [0.15, 0.2) is 34.5 Å². The summed E-state index contributed by atoms with van der Waals surface area (Å²) < 4.78 is 0. The average Bonchev–Trinajstić information content (AvgIpc) is 2.96. The molecule has 2 heterocycles. The standard InChI is InChI=1S/C10H10N6.Pt/c1-3-13-15-9(1)7-11-5-6-12-8-10-2-4-14-16-10;/h1-4,7-8H,5-6H2;/q-2;+2. The van der Waals surface area contributed by atoms with E-state index in [1.54, 1.807) is 37.0 Å². The number of hydrogen-bond donors (Lipinski definition) is 0. The molecule has 7 heteroatoms. The van der Waals surface area contributed by atoms with Gasteiger partial charge in [0.2, 0.25) is 0 Å². The second kappa shape index (κ2) is 7.68. The van der Waals surface area contributed by atoms with E-state index in [2.05, 4.69) is 30.4 Å². The molecule has 0 spiro atoms. The van der Waals surface area contributed by atoms with E-state index in [-0.39, 0.29) is 21.1 Å². The zero-order chi connectivity index (χ0) is 11.1. The van der Waals surface area contributed by atoms with Crippen LogP contribution in [-0.2, 0) is 21.1 Å². The van der Waals surface area contributed by atoms with Gasteiger partial charge in [0.05, 0.1) is 13.1 Å². The number of rotatable bonds is 5. The van der Waals surface area contributed by atoms with Gasteiger partial charge in [0.25, 0.3) is 0 Å². The number of aromatic nitrogens is 4. The summed E-state index contributed by atoms with van der Waals surface area (Å²) in [6, 6.07) is 3.60. The van der Waals surface area contributed by atoms with Gasteiger partial charge in [0.1, 0.15) is 0 Å². The van der Waals surface area contributed by atoms with Crippen molar-refractivity contribution in [1.29, 1.82) is 0 Å². The normalized spacial score (nSPS) is 11.1. The molecule has 0 aliphatic carbocycles. The number of nitrogens with zero attached hydrogens (tertiary/aromatic N) is 6. The first kappa shape index (κ1) is 13.5. The smallest absolute Gasteiger partial charge is 0.574 e. The van der Waals surface area contributed by atoms with Crippen LogP contribution < -0.4 is 10.2 Å². The van der Waals surface area contributed by atoms with Crippen molar-refractivity contribution < 1.29 is 21.1 Å². The quantitative estimate of drug-likeness (QED) is 0.512. The van der Waals surface area contributed by atoms with Crippen LogP contribution in [0.25, 0.3) is 0 Å². The third-order valence-electron chi connectivity index (χ3n) is 1.78.